The molecule has 0 spiro atoms. The van der Waals surface area contributed by atoms with Crippen molar-refractivity contribution in [2.24, 2.45) is 0 Å². The fraction of sp³-hybridized carbons (Fsp3) is 0.375. The molecule has 2 aromatic carbocycles. The van der Waals surface area contributed by atoms with E-state index in [0.29, 0.717) is 0 Å². The maximum atomic E-state index is 5.07. The second kappa shape index (κ2) is 4.68. The summed E-state index contributed by atoms with van der Waals surface area (Å²) in [5, 5.41) is 2.68. The molecule has 2 atom stereocenters. The number of hydrogen-bond donors (Lipinski definition) is 0. The zero-order valence-corrected chi connectivity index (χ0v) is 15.7. The van der Waals surface area contributed by atoms with Crippen LogP contribution in [-0.4, -0.2) is 9.38 Å². The highest BCUT2D eigenvalue weighted by Crippen LogP contribution is 2.54. The average molecular weight is 340 g/mol. The molecule has 2 bridgehead atoms. The summed E-state index contributed by atoms with van der Waals surface area (Å²) < 4.78 is 2.40. The summed E-state index contributed by atoms with van der Waals surface area (Å²) in [5.74, 6) is 1.58. The zero-order valence-electron chi connectivity index (χ0n) is 15.7. The van der Waals surface area contributed by atoms with E-state index in [4.69, 9.17) is 4.98 Å². The highest BCUT2D eigenvalue weighted by Gasteiger charge is 2.37. The zero-order chi connectivity index (χ0) is 17.6. The molecule has 6 rings (SSSR count). The normalized spacial score (nSPS) is 22.0. The van der Waals surface area contributed by atoms with E-state index in [-0.39, 0.29) is 5.41 Å². The summed E-state index contributed by atoms with van der Waals surface area (Å²) in [4.78, 5) is 5.07. The quantitative estimate of drug-likeness (QED) is 0.367. The van der Waals surface area contributed by atoms with E-state index in [1.165, 1.54) is 41.2 Å². The number of benzene rings is 2. The van der Waals surface area contributed by atoms with Crippen LogP contribution in [0.25, 0.3) is 27.5 Å². The molecular formula is C24H24N2. The largest absolute Gasteiger partial charge is 0.296 e. The van der Waals surface area contributed by atoms with Gasteiger partial charge in [0.2, 0.25) is 0 Å². The number of aromatic nitrogens is 2. The molecule has 0 aliphatic heterocycles. The fourth-order valence-electron chi connectivity index (χ4n) is 5.43. The Morgan fingerprint density at radius 3 is 2.46 bits per heavy atom. The van der Waals surface area contributed by atoms with Crippen molar-refractivity contribution in [3.8, 4) is 0 Å². The highest BCUT2D eigenvalue weighted by molar-refractivity contribution is 6.00. The SMILES string of the molecule is CC(C)(C)c1cc2cc3c(cc2c2nc4ccccc4n12)C1CCC3C1. The van der Waals surface area contributed by atoms with E-state index in [0.717, 1.165) is 23.0 Å². The summed E-state index contributed by atoms with van der Waals surface area (Å²) in [6, 6.07) is 15.9. The minimum Gasteiger partial charge on any atom is -0.296 e. The van der Waals surface area contributed by atoms with Crippen LogP contribution in [0.3, 0.4) is 0 Å². The van der Waals surface area contributed by atoms with Gasteiger partial charge in [-0.2, -0.15) is 0 Å². The second-order valence-corrected chi connectivity index (χ2v) is 9.31. The number of fused-ring (bicyclic) bond motifs is 10. The van der Waals surface area contributed by atoms with Crippen LogP contribution in [0, 0.1) is 0 Å². The first-order chi connectivity index (χ1) is 12.5. The third-order valence-corrected chi connectivity index (χ3v) is 6.67. The number of rotatable bonds is 0. The summed E-state index contributed by atoms with van der Waals surface area (Å²) in [6.45, 7) is 6.91. The molecule has 2 aromatic heterocycles. The van der Waals surface area contributed by atoms with Gasteiger partial charge in [0, 0.05) is 16.5 Å². The van der Waals surface area contributed by atoms with E-state index in [9.17, 15) is 0 Å². The van der Waals surface area contributed by atoms with Crippen LogP contribution < -0.4 is 0 Å². The predicted octanol–water partition coefficient (Wildman–Crippen LogP) is 6.30. The van der Waals surface area contributed by atoms with Gasteiger partial charge in [0.1, 0.15) is 5.65 Å². The molecule has 0 radical (unpaired) electrons. The molecule has 0 saturated heterocycles. The van der Waals surface area contributed by atoms with Crippen molar-refractivity contribution in [3.05, 3.63) is 59.3 Å². The van der Waals surface area contributed by atoms with Crippen LogP contribution in [0.5, 0.6) is 0 Å². The highest BCUT2D eigenvalue weighted by atomic mass is 15.0. The number of hydrogen-bond acceptors (Lipinski definition) is 1. The van der Waals surface area contributed by atoms with Gasteiger partial charge in [-0.15, -0.1) is 0 Å². The topological polar surface area (TPSA) is 17.3 Å². The van der Waals surface area contributed by atoms with Gasteiger partial charge in [0.25, 0.3) is 0 Å². The molecule has 2 nitrogen and oxygen atoms in total. The minimum absolute atomic E-state index is 0.0634. The molecule has 26 heavy (non-hydrogen) atoms. The first kappa shape index (κ1) is 14.8. The Hall–Kier alpha value is -2.35. The van der Waals surface area contributed by atoms with Crippen molar-refractivity contribution >= 4 is 27.5 Å². The Kier molecular flexibility index (Phi) is 2.66. The molecule has 2 unspecified atom stereocenters. The third-order valence-electron chi connectivity index (χ3n) is 6.67. The lowest BCUT2D eigenvalue weighted by Gasteiger charge is -2.23. The Morgan fingerprint density at radius 1 is 0.962 bits per heavy atom. The number of nitrogens with zero attached hydrogens (tertiary/aromatic N) is 2. The van der Waals surface area contributed by atoms with E-state index in [1.54, 1.807) is 11.1 Å². The average Bonchev–Trinajstić information content (AvgIpc) is 3.31. The van der Waals surface area contributed by atoms with Gasteiger partial charge in [-0.25, -0.2) is 4.98 Å². The Morgan fingerprint density at radius 2 is 1.69 bits per heavy atom. The van der Waals surface area contributed by atoms with Gasteiger partial charge < -0.3 is 0 Å². The number of pyridine rings is 1. The van der Waals surface area contributed by atoms with Crippen LogP contribution in [0.2, 0.25) is 0 Å². The maximum Gasteiger partial charge on any atom is 0.146 e. The van der Waals surface area contributed by atoms with Crippen molar-refractivity contribution in [1.29, 1.82) is 0 Å². The third kappa shape index (κ3) is 1.80. The molecule has 2 heteroatoms. The van der Waals surface area contributed by atoms with Gasteiger partial charge >= 0.3 is 0 Å². The van der Waals surface area contributed by atoms with Crippen LogP contribution in [-0.2, 0) is 5.41 Å². The molecule has 0 N–H and O–H groups in total. The standard InChI is InChI=1S/C24H24N2/c1-24(2,3)22-12-16-11-17-14-8-9-15(10-14)18(17)13-19(16)23-25-20-6-4-5-7-21(20)26(22)23/h4-7,11-15H,8-10H2,1-3H3. The molecule has 130 valence electrons. The molecule has 1 fully saturated rings. The Balaban J connectivity index is 1.81. The Bertz CT molecular complexity index is 1210. The molecule has 2 heterocycles. The number of imidazole rings is 1. The van der Waals surface area contributed by atoms with Crippen molar-refractivity contribution in [2.75, 3.05) is 0 Å². The van der Waals surface area contributed by atoms with Gasteiger partial charge in [-0.1, -0.05) is 39.0 Å². The van der Waals surface area contributed by atoms with E-state index in [1.807, 2.05) is 0 Å². The van der Waals surface area contributed by atoms with Crippen LogP contribution in [0.15, 0.2) is 42.5 Å². The lowest BCUT2D eigenvalue weighted by atomic mass is 9.87. The maximum absolute atomic E-state index is 5.07. The van der Waals surface area contributed by atoms with E-state index in [2.05, 4.69) is 67.6 Å². The fourth-order valence-corrected chi connectivity index (χ4v) is 5.43. The monoisotopic (exact) mass is 340 g/mol. The lowest BCUT2D eigenvalue weighted by molar-refractivity contribution is 0.564. The first-order valence-electron chi connectivity index (χ1n) is 9.89. The summed E-state index contributed by atoms with van der Waals surface area (Å²) >= 11 is 0. The Labute approximate surface area is 153 Å². The van der Waals surface area contributed by atoms with Crippen molar-refractivity contribution in [1.82, 2.24) is 9.38 Å². The van der Waals surface area contributed by atoms with Gasteiger partial charge in [-0.3, -0.25) is 4.40 Å². The molecule has 1 saturated carbocycles. The lowest BCUT2D eigenvalue weighted by Crippen LogP contribution is -2.16. The van der Waals surface area contributed by atoms with Crippen LogP contribution >= 0.6 is 0 Å². The van der Waals surface area contributed by atoms with Gasteiger partial charge in [0.15, 0.2) is 0 Å². The summed E-state index contributed by atoms with van der Waals surface area (Å²) in [7, 11) is 0. The van der Waals surface area contributed by atoms with E-state index < -0.39 is 0 Å². The smallest absolute Gasteiger partial charge is 0.146 e. The molecule has 2 aliphatic rings. The van der Waals surface area contributed by atoms with Gasteiger partial charge in [0.05, 0.1) is 11.0 Å². The summed E-state index contributed by atoms with van der Waals surface area (Å²) in [6.07, 6.45) is 4.12. The number of para-hydroxylation sites is 2. The summed E-state index contributed by atoms with van der Waals surface area (Å²) in [5.41, 5.74) is 8.06. The predicted molar refractivity (Wildman–Crippen MR) is 108 cm³/mol. The van der Waals surface area contributed by atoms with Crippen molar-refractivity contribution < 1.29 is 0 Å². The van der Waals surface area contributed by atoms with Crippen LogP contribution in [0.1, 0.15) is 68.7 Å². The molecular weight excluding hydrogens is 316 g/mol. The van der Waals surface area contributed by atoms with Crippen molar-refractivity contribution in [3.63, 3.8) is 0 Å². The van der Waals surface area contributed by atoms with Crippen molar-refractivity contribution in [2.45, 2.75) is 57.3 Å². The molecule has 2 aliphatic carbocycles. The van der Waals surface area contributed by atoms with Gasteiger partial charge in [-0.05, 0) is 71.9 Å². The first-order valence-corrected chi connectivity index (χ1v) is 9.89. The molecule has 4 aromatic rings. The minimum atomic E-state index is 0.0634. The van der Waals surface area contributed by atoms with Crippen LogP contribution in [0.4, 0.5) is 0 Å². The molecule has 0 amide bonds. The second-order valence-electron chi connectivity index (χ2n) is 9.31. The van der Waals surface area contributed by atoms with E-state index >= 15 is 0 Å².